The Hall–Kier alpha value is -3.04. The van der Waals surface area contributed by atoms with Gasteiger partial charge in [-0.3, -0.25) is 19.2 Å². The van der Waals surface area contributed by atoms with E-state index >= 15 is 0 Å². The number of nitrogens with zero attached hydrogens (tertiary/aromatic N) is 1. The van der Waals surface area contributed by atoms with Gasteiger partial charge in [0.2, 0.25) is 17.7 Å². The molecule has 0 saturated carbocycles. The number of benzene rings is 2. The van der Waals surface area contributed by atoms with Gasteiger partial charge < -0.3 is 47.3 Å². The fraction of sp³-hybridized carbons (Fsp3) is 0.444. The largest absolute Gasteiger partial charge is 1.00 e. The first-order valence-corrected chi connectivity index (χ1v) is 16.8. The monoisotopic (exact) mass is 794 g/mol. The summed E-state index contributed by atoms with van der Waals surface area (Å²) < 4.78 is 6.47. The summed E-state index contributed by atoms with van der Waals surface area (Å²) in [7, 11) is 1.55. The Bertz CT molecular complexity index is 1650. The maximum absolute atomic E-state index is 14.3. The molecule has 13 heteroatoms. The van der Waals surface area contributed by atoms with Gasteiger partial charge in [0.15, 0.2) is 0 Å². The molecule has 3 amide bonds. The Morgan fingerprint density at radius 1 is 0.939 bits per heavy atom. The number of para-hydroxylation sites is 1. The van der Waals surface area contributed by atoms with Gasteiger partial charge in [-0.25, -0.2) is 0 Å². The number of esters is 1. The van der Waals surface area contributed by atoms with Crippen LogP contribution in [0.3, 0.4) is 0 Å². The van der Waals surface area contributed by atoms with Crippen molar-refractivity contribution in [3.8, 4) is 5.75 Å². The van der Waals surface area contributed by atoms with Crippen molar-refractivity contribution in [2.45, 2.75) is 84.5 Å². The molecule has 3 unspecified atom stereocenters. The van der Waals surface area contributed by atoms with Crippen LogP contribution in [0.1, 0.15) is 71.0 Å². The number of hydrogen-bond donors (Lipinski definition) is 4. The van der Waals surface area contributed by atoms with E-state index in [1.54, 1.807) is 26.1 Å². The number of phenolic OH excluding ortho intramolecular Hbond substituents is 1. The SMILES string of the molecule is C/C1=C\C(C)CC(C)OC(=O)C[C@H](c2ccc(O)cc2)NC(=O)[C@@H](Cc2c(Br)[nH]c3ccccc23)N(C)C(=O)C(C)NC(=O)[C@@H](C)C1.[Br-].[Li+]. The van der Waals surface area contributed by atoms with Crippen LogP contribution in [0.25, 0.3) is 10.9 Å². The fourth-order valence-corrected chi connectivity index (χ4v) is 6.87. The Balaban J connectivity index is 0.00000417. The molecule has 2 aromatic carbocycles. The number of cyclic esters (lactones) is 1. The Labute approximate surface area is 319 Å². The number of nitrogens with one attached hydrogen (secondary N) is 3. The van der Waals surface area contributed by atoms with E-state index in [4.69, 9.17) is 4.74 Å². The van der Waals surface area contributed by atoms with E-state index in [9.17, 15) is 24.3 Å². The first-order chi connectivity index (χ1) is 22.2. The predicted octanol–water partition coefficient (Wildman–Crippen LogP) is -0.290. The molecular formula is C36H45Br2LiN4O6. The fourth-order valence-electron chi connectivity index (χ4n) is 6.28. The Kier molecular flexibility index (Phi) is 16.2. The van der Waals surface area contributed by atoms with Gasteiger partial charge in [0.1, 0.15) is 17.8 Å². The number of carbonyl (C=O) groups is 4. The zero-order valence-corrected chi connectivity index (χ0v) is 32.4. The summed E-state index contributed by atoms with van der Waals surface area (Å²) in [5.74, 6) is -1.93. The molecular weight excluding hydrogens is 751 g/mol. The average Bonchev–Trinajstić information content (AvgIpc) is 3.32. The first kappa shape index (κ1) is 42.1. The number of ether oxygens (including phenoxy) is 1. The van der Waals surface area contributed by atoms with Gasteiger partial charge >= 0.3 is 24.8 Å². The molecule has 4 rings (SSSR count). The van der Waals surface area contributed by atoms with Crippen molar-refractivity contribution in [1.82, 2.24) is 20.5 Å². The number of likely N-dealkylation sites (N-methyl/N-ethyl adjacent to an activating group) is 1. The van der Waals surface area contributed by atoms with E-state index in [0.29, 0.717) is 23.0 Å². The topological polar surface area (TPSA) is 141 Å². The summed E-state index contributed by atoms with van der Waals surface area (Å²) in [6.07, 6.45) is 2.76. The minimum Gasteiger partial charge on any atom is -1.00 e. The van der Waals surface area contributed by atoms with Crippen molar-refractivity contribution in [1.29, 1.82) is 0 Å². The van der Waals surface area contributed by atoms with Crippen molar-refractivity contribution >= 4 is 50.5 Å². The number of allylic oxidation sites excluding steroid dienone is 2. The molecule has 0 bridgehead atoms. The molecule has 0 radical (unpaired) electrons. The van der Waals surface area contributed by atoms with Gasteiger partial charge in [0.25, 0.3) is 0 Å². The van der Waals surface area contributed by atoms with Crippen molar-refractivity contribution in [2.24, 2.45) is 11.8 Å². The standard InChI is InChI=1S/C36H45BrN4O6.BrH.Li/c1-20-15-21(2)17-23(4)47-32(43)19-30(25-11-13-26(42)14-12-25)40-35(45)31(18-28-27-9-7-8-10-29(27)39-33(28)37)41(6)36(46)24(5)38-34(44)22(3)16-20;;/h7-15,21-24,30-31,39,42H,16-19H2,1-6H3,(H,38,44)(H,40,45);1H;/q;;+1/p-1/b20-15+;;/t21?,22-,23?,24?,30+,31+;;/m0../s1. The number of fused-ring (bicyclic) bond motifs is 1. The Morgan fingerprint density at radius 3 is 2.27 bits per heavy atom. The molecule has 260 valence electrons. The van der Waals surface area contributed by atoms with Crippen LogP contribution in [0.5, 0.6) is 5.75 Å². The zero-order valence-electron chi connectivity index (χ0n) is 29.2. The molecule has 1 aliphatic rings. The molecule has 3 aromatic rings. The molecule has 6 atom stereocenters. The predicted molar refractivity (Wildman–Crippen MR) is 184 cm³/mol. The second-order valence-electron chi connectivity index (χ2n) is 12.9. The number of H-pyrrole nitrogens is 1. The third-order valence-corrected chi connectivity index (χ3v) is 9.35. The molecule has 1 aromatic heterocycles. The van der Waals surface area contributed by atoms with Crippen LogP contribution in [0.4, 0.5) is 0 Å². The normalized spacial score (nSPS) is 26.0. The van der Waals surface area contributed by atoms with E-state index in [1.165, 1.54) is 17.0 Å². The smallest absolute Gasteiger partial charge is 1.00 e. The van der Waals surface area contributed by atoms with Crippen molar-refractivity contribution in [3.63, 3.8) is 0 Å². The van der Waals surface area contributed by atoms with Crippen LogP contribution in [0, 0.1) is 11.8 Å². The Morgan fingerprint density at radius 2 is 1.59 bits per heavy atom. The van der Waals surface area contributed by atoms with Gasteiger partial charge in [0.05, 0.1) is 23.2 Å². The minimum atomic E-state index is -1.02. The third kappa shape index (κ3) is 11.2. The number of phenols is 1. The van der Waals surface area contributed by atoms with Crippen LogP contribution in [-0.4, -0.2) is 63.9 Å². The van der Waals surface area contributed by atoms with Gasteiger partial charge in [-0.1, -0.05) is 55.8 Å². The number of amides is 3. The number of halogens is 2. The van der Waals surface area contributed by atoms with E-state index in [2.05, 4.69) is 37.6 Å². The van der Waals surface area contributed by atoms with Crippen LogP contribution >= 0.6 is 15.9 Å². The van der Waals surface area contributed by atoms with Gasteiger partial charge in [-0.05, 0) is 84.8 Å². The number of carbonyl (C=O) groups excluding carboxylic acids is 4. The van der Waals surface area contributed by atoms with E-state index in [0.717, 1.165) is 22.0 Å². The zero-order chi connectivity index (χ0) is 34.4. The summed E-state index contributed by atoms with van der Waals surface area (Å²) in [6.45, 7) is 9.27. The minimum absolute atomic E-state index is 0. The van der Waals surface area contributed by atoms with Crippen LogP contribution in [0.15, 0.2) is 64.8 Å². The molecule has 49 heavy (non-hydrogen) atoms. The summed E-state index contributed by atoms with van der Waals surface area (Å²) in [4.78, 5) is 59.2. The summed E-state index contributed by atoms with van der Waals surface area (Å²) >= 11 is 3.60. The average molecular weight is 797 g/mol. The molecule has 2 heterocycles. The first-order valence-electron chi connectivity index (χ1n) is 16.0. The number of aromatic amines is 1. The molecule has 0 saturated heterocycles. The number of hydrogen-bond acceptors (Lipinski definition) is 6. The van der Waals surface area contributed by atoms with E-state index in [-0.39, 0.29) is 72.2 Å². The maximum atomic E-state index is 14.3. The molecule has 10 nitrogen and oxygen atoms in total. The van der Waals surface area contributed by atoms with Gasteiger partial charge in [-0.2, -0.15) is 0 Å². The quantitative estimate of drug-likeness (QED) is 0.163. The summed E-state index contributed by atoms with van der Waals surface area (Å²) in [5, 5.41) is 16.7. The number of aromatic hydroxyl groups is 1. The molecule has 4 N–H and O–H groups in total. The van der Waals surface area contributed by atoms with Crippen molar-refractivity contribution in [3.05, 3.63) is 75.9 Å². The second kappa shape index (κ2) is 18.8. The van der Waals surface area contributed by atoms with Crippen LogP contribution < -0.4 is 46.5 Å². The van der Waals surface area contributed by atoms with Crippen LogP contribution in [0.2, 0.25) is 0 Å². The number of aromatic nitrogens is 1. The van der Waals surface area contributed by atoms with Crippen LogP contribution in [-0.2, 0) is 30.3 Å². The van der Waals surface area contributed by atoms with Crippen molar-refractivity contribution in [2.75, 3.05) is 7.05 Å². The third-order valence-electron chi connectivity index (χ3n) is 8.67. The molecule has 0 fully saturated rings. The second-order valence-corrected chi connectivity index (χ2v) is 13.6. The maximum Gasteiger partial charge on any atom is 1.00 e. The molecule has 1 aliphatic heterocycles. The summed E-state index contributed by atoms with van der Waals surface area (Å²) in [6, 6.07) is 11.2. The number of rotatable bonds is 3. The van der Waals surface area contributed by atoms with Gasteiger partial charge in [-0.15, -0.1) is 0 Å². The summed E-state index contributed by atoms with van der Waals surface area (Å²) in [5.41, 5.74) is 3.29. The van der Waals surface area contributed by atoms with Crippen molar-refractivity contribution < 1.29 is 64.9 Å². The molecule has 0 spiro atoms. The van der Waals surface area contributed by atoms with E-state index < -0.39 is 42.0 Å². The van der Waals surface area contributed by atoms with E-state index in [1.807, 2.05) is 52.0 Å². The van der Waals surface area contributed by atoms with Gasteiger partial charge in [0, 0.05) is 30.3 Å². The molecule has 0 aliphatic carbocycles.